The van der Waals surface area contributed by atoms with E-state index in [4.69, 9.17) is 4.52 Å². The summed E-state index contributed by atoms with van der Waals surface area (Å²) in [7, 11) is 0. The molecule has 10 heavy (non-hydrogen) atoms. The van der Waals surface area contributed by atoms with Gasteiger partial charge in [0.15, 0.2) is 0 Å². The summed E-state index contributed by atoms with van der Waals surface area (Å²) < 4.78 is 6.43. The molecule has 0 fully saturated rings. The molecule has 0 aliphatic rings. The molecule has 0 saturated heterocycles. The van der Waals surface area contributed by atoms with Crippen LogP contribution in [0.4, 0.5) is 0 Å². The van der Waals surface area contributed by atoms with Crippen LogP contribution in [-0.2, 0) is 6.54 Å². The molecule has 0 saturated carbocycles. The monoisotopic (exact) mass is 141 g/mol. The maximum absolute atomic E-state index is 10.9. The maximum atomic E-state index is 10.9. The molecular formula is C7H11NO2. The SMILES string of the molecule is CCCn1oc(C)cc1=O. The second-order valence-corrected chi connectivity index (χ2v) is 2.29. The highest BCUT2D eigenvalue weighted by Gasteiger charge is 1.98. The Kier molecular flexibility index (Phi) is 1.94. The molecule has 1 aromatic rings. The third-order valence-corrected chi connectivity index (χ3v) is 1.25. The molecule has 1 rings (SSSR count). The zero-order chi connectivity index (χ0) is 7.56. The molecule has 1 aromatic heterocycles. The van der Waals surface area contributed by atoms with Gasteiger partial charge in [0.25, 0.3) is 5.56 Å². The Morgan fingerprint density at radius 1 is 1.70 bits per heavy atom. The van der Waals surface area contributed by atoms with Crippen molar-refractivity contribution in [1.29, 1.82) is 0 Å². The largest absolute Gasteiger partial charge is 0.381 e. The maximum Gasteiger partial charge on any atom is 0.282 e. The summed E-state index contributed by atoms with van der Waals surface area (Å²) >= 11 is 0. The lowest BCUT2D eigenvalue weighted by Gasteiger charge is -1.92. The Labute approximate surface area is 59.2 Å². The van der Waals surface area contributed by atoms with Crippen molar-refractivity contribution < 1.29 is 4.52 Å². The van der Waals surface area contributed by atoms with Gasteiger partial charge in [-0.1, -0.05) is 6.92 Å². The van der Waals surface area contributed by atoms with E-state index in [1.807, 2.05) is 6.92 Å². The molecule has 0 atom stereocenters. The third-order valence-electron chi connectivity index (χ3n) is 1.25. The molecule has 0 aliphatic carbocycles. The van der Waals surface area contributed by atoms with E-state index < -0.39 is 0 Å². The summed E-state index contributed by atoms with van der Waals surface area (Å²) in [5.41, 5.74) is -0.0423. The molecule has 0 radical (unpaired) electrons. The van der Waals surface area contributed by atoms with Crippen LogP contribution in [-0.4, -0.2) is 4.74 Å². The Morgan fingerprint density at radius 3 is 2.80 bits per heavy atom. The lowest BCUT2D eigenvalue weighted by molar-refractivity contribution is 0.247. The predicted molar refractivity (Wildman–Crippen MR) is 38.0 cm³/mol. The van der Waals surface area contributed by atoms with Gasteiger partial charge in [0.1, 0.15) is 5.76 Å². The van der Waals surface area contributed by atoms with E-state index in [2.05, 4.69) is 0 Å². The predicted octanol–water partition coefficient (Wildman–Crippen LogP) is 1.16. The van der Waals surface area contributed by atoms with E-state index in [1.165, 1.54) is 10.8 Å². The summed E-state index contributed by atoms with van der Waals surface area (Å²) in [4.78, 5) is 10.9. The van der Waals surface area contributed by atoms with Crippen LogP contribution in [0.5, 0.6) is 0 Å². The quantitative estimate of drug-likeness (QED) is 0.619. The van der Waals surface area contributed by atoms with E-state index in [-0.39, 0.29) is 5.56 Å². The molecule has 0 amide bonds. The van der Waals surface area contributed by atoms with Crippen LogP contribution >= 0.6 is 0 Å². The molecule has 1 heterocycles. The van der Waals surface area contributed by atoms with Crippen LogP contribution in [0.1, 0.15) is 19.1 Å². The highest BCUT2D eigenvalue weighted by Crippen LogP contribution is 1.93. The van der Waals surface area contributed by atoms with Crippen molar-refractivity contribution in [2.75, 3.05) is 0 Å². The zero-order valence-electron chi connectivity index (χ0n) is 6.26. The number of hydrogen-bond acceptors (Lipinski definition) is 2. The van der Waals surface area contributed by atoms with Crippen molar-refractivity contribution in [3.63, 3.8) is 0 Å². The van der Waals surface area contributed by atoms with Crippen LogP contribution in [0.25, 0.3) is 0 Å². The Balaban J connectivity index is 2.92. The van der Waals surface area contributed by atoms with Crippen LogP contribution in [0, 0.1) is 6.92 Å². The third kappa shape index (κ3) is 1.29. The standard InChI is InChI=1S/C7H11NO2/c1-3-4-8-7(9)5-6(2)10-8/h5H,3-4H2,1-2H3. The first-order chi connectivity index (χ1) is 4.74. The van der Waals surface area contributed by atoms with Gasteiger partial charge in [-0.3, -0.25) is 4.79 Å². The van der Waals surface area contributed by atoms with Gasteiger partial charge in [0.05, 0.1) is 6.54 Å². The minimum atomic E-state index is -0.0423. The fourth-order valence-electron chi connectivity index (χ4n) is 0.850. The van der Waals surface area contributed by atoms with Gasteiger partial charge in [-0.15, -0.1) is 0 Å². The molecule has 3 heteroatoms. The minimum Gasteiger partial charge on any atom is -0.381 e. The second kappa shape index (κ2) is 2.73. The van der Waals surface area contributed by atoms with Crippen molar-refractivity contribution >= 4 is 0 Å². The fourth-order valence-corrected chi connectivity index (χ4v) is 0.850. The van der Waals surface area contributed by atoms with Crippen LogP contribution in [0.3, 0.4) is 0 Å². The van der Waals surface area contributed by atoms with Crippen molar-refractivity contribution in [3.8, 4) is 0 Å². The molecule has 56 valence electrons. The van der Waals surface area contributed by atoms with Gasteiger partial charge in [-0.05, 0) is 13.3 Å². The van der Waals surface area contributed by atoms with Gasteiger partial charge in [-0.2, -0.15) is 4.74 Å². The van der Waals surface area contributed by atoms with Gasteiger partial charge in [0.2, 0.25) is 0 Å². The first-order valence-corrected chi connectivity index (χ1v) is 3.42. The summed E-state index contributed by atoms with van der Waals surface area (Å²) in [5, 5.41) is 0. The highest BCUT2D eigenvalue weighted by molar-refractivity contribution is 4.90. The summed E-state index contributed by atoms with van der Waals surface area (Å²) in [6, 6.07) is 1.50. The van der Waals surface area contributed by atoms with Gasteiger partial charge >= 0.3 is 0 Å². The average molecular weight is 141 g/mol. The first-order valence-electron chi connectivity index (χ1n) is 3.42. The molecular weight excluding hydrogens is 130 g/mol. The Bertz CT molecular complexity index is 259. The lowest BCUT2D eigenvalue weighted by Crippen LogP contribution is -2.12. The van der Waals surface area contributed by atoms with E-state index in [9.17, 15) is 4.79 Å². The zero-order valence-corrected chi connectivity index (χ0v) is 6.26. The summed E-state index contributed by atoms with van der Waals surface area (Å²) in [6.45, 7) is 4.45. The van der Waals surface area contributed by atoms with Crippen LogP contribution in [0.15, 0.2) is 15.4 Å². The first kappa shape index (κ1) is 7.12. The van der Waals surface area contributed by atoms with Crippen molar-refractivity contribution in [2.45, 2.75) is 26.8 Å². The minimum absolute atomic E-state index is 0.0423. The molecule has 3 nitrogen and oxygen atoms in total. The highest BCUT2D eigenvalue weighted by atomic mass is 16.5. The van der Waals surface area contributed by atoms with Gasteiger partial charge < -0.3 is 4.52 Å². The van der Waals surface area contributed by atoms with E-state index in [0.29, 0.717) is 12.3 Å². The lowest BCUT2D eigenvalue weighted by atomic mass is 10.5. The van der Waals surface area contributed by atoms with Crippen molar-refractivity contribution in [1.82, 2.24) is 4.74 Å². The smallest absolute Gasteiger partial charge is 0.282 e. The van der Waals surface area contributed by atoms with Crippen molar-refractivity contribution in [3.05, 3.63) is 22.2 Å². The Hall–Kier alpha value is -0.990. The fraction of sp³-hybridized carbons (Fsp3) is 0.571. The molecule has 0 unspecified atom stereocenters. The Morgan fingerprint density at radius 2 is 2.40 bits per heavy atom. The molecule has 0 N–H and O–H groups in total. The normalized spacial score (nSPS) is 10.2. The summed E-state index contributed by atoms with van der Waals surface area (Å²) in [6.07, 6.45) is 0.923. The topological polar surface area (TPSA) is 35.1 Å². The van der Waals surface area contributed by atoms with Crippen LogP contribution < -0.4 is 5.56 Å². The summed E-state index contributed by atoms with van der Waals surface area (Å²) in [5.74, 6) is 0.679. The van der Waals surface area contributed by atoms with E-state index in [1.54, 1.807) is 6.92 Å². The molecule has 0 aromatic carbocycles. The number of aromatic nitrogens is 1. The van der Waals surface area contributed by atoms with Crippen molar-refractivity contribution in [2.24, 2.45) is 0 Å². The number of aryl methyl sites for hydroxylation is 2. The van der Waals surface area contributed by atoms with Crippen LogP contribution in [0.2, 0.25) is 0 Å². The number of rotatable bonds is 2. The molecule has 0 bridgehead atoms. The number of nitrogens with zero attached hydrogens (tertiary/aromatic N) is 1. The van der Waals surface area contributed by atoms with E-state index in [0.717, 1.165) is 6.42 Å². The van der Waals surface area contributed by atoms with E-state index >= 15 is 0 Å². The van der Waals surface area contributed by atoms with Gasteiger partial charge in [-0.25, -0.2) is 0 Å². The molecule has 0 spiro atoms. The molecule has 0 aliphatic heterocycles. The second-order valence-electron chi connectivity index (χ2n) is 2.29. The number of hydrogen-bond donors (Lipinski definition) is 0. The van der Waals surface area contributed by atoms with Gasteiger partial charge in [0, 0.05) is 6.07 Å². The average Bonchev–Trinajstić information content (AvgIpc) is 2.13.